The third kappa shape index (κ3) is 2.97. The Labute approximate surface area is 99.3 Å². The molecular formula is C14H13FO2. The number of phenols is 1. The van der Waals surface area contributed by atoms with Crippen LogP contribution in [0.25, 0.3) is 0 Å². The van der Waals surface area contributed by atoms with Crippen LogP contribution < -0.4 is 4.74 Å². The molecule has 0 aromatic heterocycles. The number of hydrogen-bond donors (Lipinski definition) is 1. The smallest absolute Gasteiger partial charge is 0.165 e. The van der Waals surface area contributed by atoms with Crippen molar-refractivity contribution in [1.29, 1.82) is 0 Å². The second-order valence-corrected chi connectivity index (χ2v) is 3.89. The predicted octanol–water partition coefficient (Wildman–Crippen LogP) is 3.42. The average Bonchev–Trinajstić information content (AvgIpc) is 2.31. The molecule has 0 spiro atoms. The van der Waals surface area contributed by atoms with E-state index in [0.29, 0.717) is 5.56 Å². The molecule has 0 aliphatic carbocycles. The summed E-state index contributed by atoms with van der Waals surface area (Å²) in [5, 5.41) is 9.05. The number of hydrogen-bond acceptors (Lipinski definition) is 2. The molecule has 17 heavy (non-hydrogen) atoms. The van der Waals surface area contributed by atoms with Gasteiger partial charge < -0.3 is 9.84 Å². The van der Waals surface area contributed by atoms with E-state index in [2.05, 4.69) is 0 Å². The molecule has 0 unspecified atom stereocenters. The molecule has 2 nitrogen and oxygen atoms in total. The highest BCUT2D eigenvalue weighted by Crippen LogP contribution is 2.18. The van der Waals surface area contributed by atoms with Gasteiger partial charge in [0.2, 0.25) is 0 Å². The van der Waals surface area contributed by atoms with Gasteiger partial charge in [0.1, 0.15) is 12.4 Å². The van der Waals surface area contributed by atoms with E-state index in [0.717, 1.165) is 11.3 Å². The molecule has 0 saturated heterocycles. The van der Waals surface area contributed by atoms with Gasteiger partial charge in [0, 0.05) is 0 Å². The third-order valence-electron chi connectivity index (χ3n) is 2.41. The van der Waals surface area contributed by atoms with Crippen LogP contribution in [0.5, 0.6) is 11.5 Å². The Morgan fingerprint density at radius 2 is 2.00 bits per heavy atom. The first kappa shape index (κ1) is 11.5. The fourth-order valence-corrected chi connectivity index (χ4v) is 1.51. The van der Waals surface area contributed by atoms with E-state index >= 15 is 0 Å². The number of ether oxygens (including phenoxy) is 1. The molecule has 0 aliphatic rings. The quantitative estimate of drug-likeness (QED) is 0.878. The van der Waals surface area contributed by atoms with Crippen molar-refractivity contribution < 1.29 is 14.2 Å². The molecule has 88 valence electrons. The first-order chi connectivity index (χ1) is 8.15. The van der Waals surface area contributed by atoms with E-state index < -0.39 is 5.82 Å². The number of rotatable bonds is 3. The normalized spacial score (nSPS) is 10.2. The van der Waals surface area contributed by atoms with Gasteiger partial charge in [-0.1, -0.05) is 18.2 Å². The Morgan fingerprint density at radius 1 is 1.18 bits per heavy atom. The molecule has 0 atom stereocenters. The monoisotopic (exact) mass is 232 g/mol. The Morgan fingerprint density at radius 3 is 2.71 bits per heavy atom. The van der Waals surface area contributed by atoms with E-state index in [1.165, 1.54) is 12.1 Å². The number of halogens is 1. The second-order valence-electron chi connectivity index (χ2n) is 3.89. The standard InChI is InChI=1S/C14H13FO2/c1-10-3-2-4-12(7-10)17-9-11-5-6-14(16)13(15)8-11/h2-8,16H,9H2,1H3. The van der Waals surface area contributed by atoms with Crippen LogP contribution in [0, 0.1) is 12.7 Å². The zero-order valence-electron chi connectivity index (χ0n) is 9.48. The molecule has 3 heteroatoms. The van der Waals surface area contributed by atoms with Gasteiger partial charge in [0.15, 0.2) is 11.6 Å². The highest BCUT2D eigenvalue weighted by Gasteiger charge is 2.02. The van der Waals surface area contributed by atoms with Crippen LogP contribution in [-0.2, 0) is 6.61 Å². The van der Waals surface area contributed by atoms with Gasteiger partial charge in [-0.25, -0.2) is 4.39 Å². The van der Waals surface area contributed by atoms with Gasteiger partial charge in [-0.2, -0.15) is 0 Å². The van der Waals surface area contributed by atoms with Gasteiger partial charge in [0.25, 0.3) is 0 Å². The Kier molecular flexibility index (Phi) is 3.28. The summed E-state index contributed by atoms with van der Waals surface area (Å²) in [4.78, 5) is 0. The van der Waals surface area contributed by atoms with Crippen LogP contribution in [0.2, 0.25) is 0 Å². The summed E-state index contributed by atoms with van der Waals surface area (Å²) in [5.41, 5.74) is 1.79. The van der Waals surface area contributed by atoms with Gasteiger partial charge in [-0.05, 0) is 42.3 Å². The van der Waals surface area contributed by atoms with Crippen LogP contribution in [-0.4, -0.2) is 5.11 Å². The van der Waals surface area contributed by atoms with E-state index in [9.17, 15) is 4.39 Å². The van der Waals surface area contributed by atoms with Gasteiger partial charge in [-0.3, -0.25) is 0 Å². The molecule has 1 N–H and O–H groups in total. The summed E-state index contributed by atoms with van der Waals surface area (Å²) in [6, 6.07) is 11.9. The lowest BCUT2D eigenvalue weighted by Gasteiger charge is -2.07. The molecule has 0 amide bonds. The summed E-state index contributed by atoms with van der Waals surface area (Å²) >= 11 is 0. The van der Waals surface area contributed by atoms with Crippen LogP contribution in [0.3, 0.4) is 0 Å². The molecular weight excluding hydrogens is 219 g/mol. The maximum absolute atomic E-state index is 13.1. The average molecular weight is 232 g/mol. The summed E-state index contributed by atoms with van der Waals surface area (Å²) < 4.78 is 18.6. The summed E-state index contributed by atoms with van der Waals surface area (Å²) in [6.07, 6.45) is 0. The second kappa shape index (κ2) is 4.87. The summed E-state index contributed by atoms with van der Waals surface area (Å²) in [6.45, 7) is 2.26. The van der Waals surface area contributed by atoms with Crippen molar-refractivity contribution in [3.63, 3.8) is 0 Å². The molecule has 0 aliphatic heterocycles. The highest BCUT2D eigenvalue weighted by atomic mass is 19.1. The maximum Gasteiger partial charge on any atom is 0.165 e. The minimum absolute atomic E-state index is 0.278. The molecule has 0 radical (unpaired) electrons. The first-order valence-electron chi connectivity index (χ1n) is 5.32. The molecule has 0 fully saturated rings. The molecule has 2 aromatic rings. The van der Waals surface area contributed by atoms with Crippen molar-refractivity contribution >= 4 is 0 Å². The van der Waals surface area contributed by atoms with Crippen LogP contribution in [0.1, 0.15) is 11.1 Å². The third-order valence-corrected chi connectivity index (χ3v) is 2.41. The van der Waals surface area contributed by atoms with E-state index in [1.54, 1.807) is 6.07 Å². The number of aryl methyl sites for hydroxylation is 1. The van der Waals surface area contributed by atoms with Crippen LogP contribution in [0.4, 0.5) is 4.39 Å². The molecule has 0 saturated carbocycles. The largest absolute Gasteiger partial charge is 0.505 e. The van der Waals surface area contributed by atoms with Gasteiger partial charge >= 0.3 is 0 Å². The molecule has 2 rings (SSSR count). The first-order valence-corrected chi connectivity index (χ1v) is 5.32. The fraction of sp³-hybridized carbons (Fsp3) is 0.143. The van der Waals surface area contributed by atoms with Gasteiger partial charge in [-0.15, -0.1) is 0 Å². The van der Waals surface area contributed by atoms with Crippen molar-refractivity contribution in [3.8, 4) is 11.5 Å². The number of aromatic hydroxyl groups is 1. The van der Waals surface area contributed by atoms with Crippen molar-refractivity contribution in [2.24, 2.45) is 0 Å². The number of phenolic OH excluding ortho intramolecular Hbond substituents is 1. The lowest BCUT2D eigenvalue weighted by atomic mass is 10.2. The lowest BCUT2D eigenvalue weighted by Crippen LogP contribution is -1.96. The summed E-state index contributed by atoms with van der Waals surface area (Å²) in [5.74, 6) is -0.224. The molecule has 2 aromatic carbocycles. The fourth-order valence-electron chi connectivity index (χ4n) is 1.51. The minimum Gasteiger partial charge on any atom is -0.505 e. The predicted molar refractivity (Wildman–Crippen MR) is 63.6 cm³/mol. The van der Waals surface area contributed by atoms with Gasteiger partial charge in [0.05, 0.1) is 0 Å². The van der Waals surface area contributed by atoms with Crippen molar-refractivity contribution in [3.05, 3.63) is 59.4 Å². The minimum atomic E-state index is -0.629. The van der Waals surface area contributed by atoms with Crippen LogP contribution >= 0.6 is 0 Å². The highest BCUT2D eigenvalue weighted by molar-refractivity contribution is 5.30. The van der Waals surface area contributed by atoms with Crippen molar-refractivity contribution in [2.45, 2.75) is 13.5 Å². The van der Waals surface area contributed by atoms with Crippen LogP contribution in [0.15, 0.2) is 42.5 Å². The van der Waals surface area contributed by atoms with E-state index in [1.807, 2.05) is 31.2 Å². The Hall–Kier alpha value is -2.03. The van der Waals surface area contributed by atoms with E-state index in [-0.39, 0.29) is 12.4 Å². The molecule has 0 bridgehead atoms. The van der Waals surface area contributed by atoms with E-state index in [4.69, 9.17) is 9.84 Å². The SMILES string of the molecule is Cc1cccc(OCc2ccc(O)c(F)c2)c1. The van der Waals surface area contributed by atoms with Crippen molar-refractivity contribution in [1.82, 2.24) is 0 Å². The Bertz CT molecular complexity index is 523. The Balaban J connectivity index is 2.05. The maximum atomic E-state index is 13.1. The number of benzene rings is 2. The van der Waals surface area contributed by atoms with Crippen molar-refractivity contribution in [2.75, 3.05) is 0 Å². The molecule has 0 heterocycles. The zero-order chi connectivity index (χ0) is 12.3. The lowest BCUT2D eigenvalue weighted by molar-refractivity contribution is 0.305. The zero-order valence-corrected chi connectivity index (χ0v) is 9.48. The summed E-state index contributed by atoms with van der Waals surface area (Å²) in [7, 11) is 0. The topological polar surface area (TPSA) is 29.5 Å².